The van der Waals surface area contributed by atoms with E-state index in [1.54, 1.807) is 6.07 Å². The van der Waals surface area contributed by atoms with E-state index in [2.05, 4.69) is 4.90 Å². The van der Waals surface area contributed by atoms with Crippen LogP contribution < -0.4 is 4.74 Å². The number of alkyl halides is 3. The molecule has 1 saturated heterocycles. The van der Waals surface area contributed by atoms with Crippen molar-refractivity contribution >= 4 is 28.4 Å². The van der Waals surface area contributed by atoms with E-state index in [0.717, 1.165) is 44.3 Å². The van der Waals surface area contributed by atoms with Crippen molar-refractivity contribution in [3.63, 3.8) is 0 Å². The third-order valence-corrected chi connectivity index (χ3v) is 6.86. The Bertz CT molecular complexity index is 1040. The number of hydrogen-bond donors (Lipinski definition) is 0. The zero-order valence-corrected chi connectivity index (χ0v) is 19.9. The van der Waals surface area contributed by atoms with Crippen LogP contribution in [0.3, 0.4) is 0 Å². The van der Waals surface area contributed by atoms with E-state index in [1.807, 2.05) is 0 Å². The molecule has 0 amide bonds. The van der Waals surface area contributed by atoms with Crippen LogP contribution in [0.1, 0.15) is 64.8 Å². The Morgan fingerprint density at radius 3 is 2.38 bits per heavy atom. The fraction of sp³-hybridized carbons (Fsp3) is 0.480. The predicted octanol–water partition coefficient (Wildman–Crippen LogP) is 7.30. The molecular formula is C25H25Cl2F4NO2. The molecule has 1 unspecified atom stereocenters. The number of nitrogens with zero attached hydrogens (tertiary/aromatic N) is 1. The molecule has 1 atom stereocenters. The number of likely N-dealkylation sites (tertiary alicyclic amines) is 1. The normalized spacial score (nSPS) is 18.3. The highest BCUT2D eigenvalue weighted by atomic mass is 35.5. The first-order valence-corrected chi connectivity index (χ1v) is 12.1. The maximum absolute atomic E-state index is 14.3. The summed E-state index contributed by atoms with van der Waals surface area (Å²) >= 11 is 11.5. The minimum atomic E-state index is -3.09. The molecule has 3 nitrogen and oxygen atoms in total. The Kier molecular flexibility index (Phi) is 8.05. The van der Waals surface area contributed by atoms with Crippen LogP contribution in [0, 0.1) is 11.7 Å². The molecule has 9 heteroatoms. The predicted molar refractivity (Wildman–Crippen MR) is 123 cm³/mol. The van der Waals surface area contributed by atoms with Crippen molar-refractivity contribution in [2.45, 2.75) is 50.7 Å². The number of carbonyl (C=O) groups excluding carboxylic acids is 1. The van der Waals surface area contributed by atoms with Gasteiger partial charge in [-0.2, -0.15) is 0 Å². The van der Waals surface area contributed by atoms with E-state index >= 15 is 0 Å². The van der Waals surface area contributed by atoms with Crippen molar-refractivity contribution in [2.75, 3.05) is 19.7 Å². The summed E-state index contributed by atoms with van der Waals surface area (Å²) < 4.78 is 59.5. The second kappa shape index (κ2) is 10.8. The van der Waals surface area contributed by atoms with Gasteiger partial charge in [-0.15, -0.1) is 0 Å². The fourth-order valence-corrected chi connectivity index (χ4v) is 4.82. The van der Waals surface area contributed by atoms with Crippen molar-refractivity contribution in [2.24, 2.45) is 5.92 Å². The second-order valence-electron chi connectivity index (χ2n) is 9.08. The Balaban J connectivity index is 1.32. The molecule has 1 heterocycles. The lowest BCUT2D eigenvalue weighted by molar-refractivity contribution is 0.0495. The molecule has 0 bridgehead atoms. The van der Waals surface area contributed by atoms with Gasteiger partial charge in [-0.05, 0) is 97.1 Å². The third kappa shape index (κ3) is 6.23. The van der Waals surface area contributed by atoms with Gasteiger partial charge in [0.2, 0.25) is 0 Å². The summed E-state index contributed by atoms with van der Waals surface area (Å²) in [6, 6.07) is 7.12. The lowest BCUT2D eigenvalue weighted by Gasteiger charge is -2.32. The quantitative estimate of drug-likeness (QED) is 0.258. The van der Waals surface area contributed by atoms with Crippen LogP contribution in [0.4, 0.5) is 17.6 Å². The van der Waals surface area contributed by atoms with Crippen molar-refractivity contribution in [1.82, 2.24) is 4.90 Å². The van der Waals surface area contributed by atoms with E-state index in [9.17, 15) is 22.4 Å². The highest BCUT2D eigenvalue weighted by Crippen LogP contribution is 2.45. The fourth-order valence-electron chi connectivity index (χ4n) is 4.41. The van der Waals surface area contributed by atoms with Gasteiger partial charge in [-0.3, -0.25) is 9.69 Å². The first kappa shape index (κ1) is 25.3. The molecule has 2 fully saturated rings. The van der Waals surface area contributed by atoms with Crippen molar-refractivity contribution < 1.29 is 27.1 Å². The van der Waals surface area contributed by atoms with Crippen LogP contribution in [-0.4, -0.2) is 36.3 Å². The number of carbonyl (C=O) groups is 1. The third-order valence-electron chi connectivity index (χ3n) is 6.44. The smallest absolute Gasteiger partial charge is 0.273 e. The molecule has 2 aromatic carbocycles. The van der Waals surface area contributed by atoms with Gasteiger partial charge in [0.05, 0.1) is 12.2 Å². The Hall–Kier alpha value is -1.83. The summed E-state index contributed by atoms with van der Waals surface area (Å²) in [5.41, 5.74) is 1.29. The van der Waals surface area contributed by atoms with Gasteiger partial charge in [0.15, 0.2) is 6.17 Å². The van der Waals surface area contributed by atoms with E-state index in [4.69, 9.17) is 27.9 Å². The minimum Gasteiger partial charge on any atom is -0.493 e. The zero-order chi connectivity index (χ0) is 24.4. The number of piperidine rings is 1. The molecular weight excluding hydrogens is 493 g/mol. The number of rotatable bonds is 9. The first-order chi connectivity index (χ1) is 16.2. The monoisotopic (exact) mass is 517 g/mol. The van der Waals surface area contributed by atoms with Gasteiger partial charge in [0.25, 0.3) is 11.7 Å². The molecule has 1 aliphatic carbocycles. The Morgan fingerprint density at radius 2 is 1.76 bits per heavy atom. The van der Waals surface area contributed by atoms with E-state index < -0.39 is 23.7 Å². The van der Waals surface area contributed by atoms with Gasteiger partial charge >= 0.3 is 0 Å². The summed E-state index contributed by atoms with van der Waals surface area (Å²) in [6.07, 6.45) is -1.82. The van der Waals surface area contributed by atoms with Crippen LogP contribution in [-0.2, 0) is 6.54 Å². The van der Waals surface area contributed by atoms with Crippen molar-refractivity contribution in [1.29, 1.82) is 0 Å². The highest BCUT2D eigenvalue weighted by Gasteiger charge is 2.30. The van der Waals surface area contributed by atoms with Crippen LogP contribution in [0.25, 0.3) is 0 Å². The van der Waals surface area contributed by atoms with Crippen LogP contribution in [0.5, 0.6) is 5.75 Å². The molecule has 1 saturated carbocycles. The number of halogens is 6. The Morgan fingerprint density at radius 1 is 1.06 bits per heavy atom. The first-order valence-electron chi connectivity index (χ1n) is 11.3. The number of hydrogen-bond acceptors (Lipinski definition) is 3. The number of ether oxygens (including phenoxy) is 1. The maximum atomic E-state index is 14.3. The molecule has 0 spiro atoms. The lowest BCUT2D eigenvalue weighted by Crippen LogP contribution is -2.35. The number of benzene rings is 2. The molecule has 0 aromatic heterocycles. The molecule has 0 N–H and O–H groups in total. The summed E-state index contributed by atoms with van der Waals surface area (Å²) in [6.45, 7) is 2.43. The summed E-state index contributed by atoms with van der Waals surface area (Å²) in [5.74, 6) is 0.321. The van der Waals surface area contributed by atoms with E-state index in [0.29, 0.717) is 24.5 Å². The lowest BCUT2D eigenvalue weighted by atomic mass is 9.97. The molecule has 2 aliphatic rings. The van der Waals surface area contributed by atoms with E-state index in [1.165, 1.54) is 24.3 Å². The van der Waals surface area contributed by atoms with Gasteiger partial charge in [0.1, 0.15) is 11.6 Å². The molecule has 0 radical (unpaired) electrons. The molecule has 34 heavy (non-hydrogen) atoms. The Labute approximate surface area is 206 Å². The molecule has 2 aromatic rings. The van der Waals surface area contributed by atoms with Crippen LogP contribution in [0.2, 0.25) is 5.02 Å². The molecule has 184 valence electrons. The molecule has 1 aliphatic heterocycles. The average molecular weight is 518 g/mol. The van der Waals surface area contributed by atoms with Crippen LogP contribution in [0.15, 0.2) is 30.3 Å². The second-order valence-corrected chi connectivity index (χ2v) is 9.86. The van der Waals surface area contributed by atoms with Gasteiger partial charge in [0, 0.05) is 17.6 Å². The molecule has 4 rings (SSSR count). The van der Waals surface area contributed by atoms with E-state index in [-0.39, 0.29) is 28.0 Å². The standard InChI is InChI=1S/C25H25Cl2F4NO2/c26-18-8-15(7-17(9-18)23(29)25(30)31)12-32-5-3-14(4-6-32)13-34-22-11-21(28)20(24(27)33)10-19(22)16-1-2-16/h7-11,14,16,23,25H,1-6,12-13H2. The van der Waals surface area contributed by atoms with Gasteiger partial charge < -0.3 is 4.74 Å². The zero-order valence-electron chi connectivity index (χ0n) is 18.4. The van der Waals surface area contributed by atoms with Gasteiger partial charge in [-0.25, -0.2) is 17.6 Å². The average Bonchev–Trinajstić information content (AvgIpc) is 3.62. The maximum Gasteiger partial charge on any atom is 0.273 e. The van der Waals surface area contributed by atoms with Crippen molar-refractivity contribution in [3.8, 4) is 5.75 Å². The minimum absolute atomic E-state index is 0.110. The summed E-state index contributed by atoms with van der Waals surface area (Å²) in [7, 11) is 0. The highest BCUT2D eigenvalue weighted by molar-refractivity contribution is 6.67. The topological polar surface area (TPSA) is 29.5 Å². The largest absolute Gasteiger partial charge is 0.493 e. The van der Waals surface area contributed by atoms with Gasteiger partial charge in [-0.1, -0.05) is 17.7 Å². The SMILES string of the molecule is O=C(Cl)c1cc(C2CC2)c(OCC2CCN(Cc3cc(Cl)cc(C(F)C(F)F)c3)CC2)cc1F. The summed E-state index contributed by atoms with van der Waals surface area (Å²) in [4.78, 5) is 13.6. The van der Waals surface area contributed by atoms with Crippen LogP contribution >= 0.6 is 23.2 Å². The van der Waals surface area contributed by atoms with Crippen molar-refractivity contribution in [3.05, 3.63) is 63.4 Å². The summed E-state index contributed by atoms with van der Waals surface area (Å²) in [5, 5.41) is -0.582.